The second-order valence-electron chi connectivity index (χ2n) is 10.6. The summed E-state index contributed by atoms with van der Waals surface area (Å²) in [5.41, 5.74) is -0.109. The molecule has 28 heavy (non-hydrogen) atoms. The highest BCUT2D eigenvalue weighted by atomic mass is 16.7. The first-order chi connectivity index (χ1) is 12.8. The molecule has 1 atom stereocenters. The fraction of sp³-hybridized carbons (Fsp3) is 0.870. The summed E-state index contributed by atoms with van der Waals surface area (Å²) >= 11 is 0. The van der Waals surface area contributed by atoms with Crippen molar-refractivity contribution >= 4 is 13.1 Å². The molecule has 0 radical (unpaired) electrons. The van der Waals surface area contributed by atoms with Crippen LogP contribution in [0.4, 0.5) is 0 Å². The van der Waals surface area contributed by atoms with Crippen LogP contribution in [0.15, 0.2) is 11.5 Å². The van der Waals surface area contributed by atoms with Gasteiger partial charge in [-0.25, -0.2) is 0 Å². The van der Waals surface area contributed by atoms with Gasteiger partial charge in [0.2, 0.25) is 0 Å². The molecule has 1 aliphatic carbocycles. The maximum Gasteiger partial charge on any atom is 0.487 e. The molecule has 0 spiro atoms. The molecule has 0 aromatic heterocycles. The zero-order valence-electron chi connectivity index (χ0n) is 19.4. The van der Waals surface area contributed by atoms with E-state index in [4.69, 9.17) is 14.0 Å². The van der Waals surface area contributed by atoms with Crippen molar-refractivity contribution in [1.82, 2.24) is 0 Å². The lowest BCUT2D eigenvalue weighted by Crippen LogP contribution is -2.41. The van der Waals surface area contributed by atoms with Gasteiger partial charge in [-0.05, 0) is 67.2 Å². The Labute approximate surface area is 172 Å². The molecule has 160 valence electrons. The molecule has 0 aromatic carbocycles. The minimum atomic E-state index is -0.481. The molecule has 1 saturated carbocycles. The summed E-state index contributed by atoms with van der Waals surface area (Å²) in [6, 6.07) is 0. The fourth-order valence-corrected chi connectivity index (χ4v) is 4.14. The van der Waals surface area contributed by atoms with E-state index < -0.39 is 12.7 Å². The number of carbonyl (C=O) groups excluding carboxylic acids is 1. The fourth-order valence-electron chi connectivity index (χ4n) is 4.14. The van der Waals surface area contributed by atoms with Crippen molar-refractivity contribution < 1.29 is 18.8 Å². The maximum absolute atomic E-state index is 13.0. The average Bonchev–Trinajstić information content (AvgIpc) is 2.74. The van der Waals surface area contributed by atoms with E-state index in [1.807, 2.05) is 20.8 Å². The maximum atomic E-state index is 13.0. The van der Waals surface area contributed by atoms with Crippen molar-refractivity contribution in [3.05, 3.63) is 11.5 Å². The molecular formula is C23H41BO4. The molecule has 4 nitrogen and oxygen atoms in total. The van der Waals surface area contributed by atoms with Gasteiger partial charge in [-0.3, -0.25) is 4.79 Å². The Morgan fingerprint density at radius 3 is 2.11 bits per heavy atom. The molecule has 0 aromatic rings. The molecule has 0 N–H and O–H groups in total. The number of esters is 1. The topological polar surface area (TPSA) is 44.8 Å². The van der Waals surface area contributed by atoms with Crippen LogP contribution < -0.4 is 0 Å². The van der Waals surface area contributed by atoms with Gasteiger partial charge in [0.05, 0.1) is 17.1 Å². The first-order valence-electron chi connectivity index (χ1n) is 11.1. The summed E-state index contributed by atoms with van der Waals surface area (Å²) in [6.07, 6.45) is 8.05. The third kappa shape index (κ3) is 6.09. The van der Waals surface area contributed by atoms with E-state index in [2.05, 4.69) is 40.6 Å². The zero-order chi connectivity index (χ0) is 21.2. The quantitative estimate of drug-likeness (QED) is 0.418. The molecule has 2 fully saturated rings. The molecule has 1 heterocycles. The van der Waals surface area contributed by atoms with Gasteiger partial charge >= 0.3 is 13.1 Å². The van der Waals surface area contributed by atoms with Gasteiger partial charge in [0.25, 0.3) is 0 Å². The first kappa shape index (κ1) is 23.5. The lowest BCUT2D eigenvalue weighted by molar-refractivity contribution is -0.158. The van der Waals surface area contributed by atoms with Gasteiger partial charge in [-0.1, -0.05) is 50.6 Å². The molecule has 2 aliphatic rings. The number of hydrogen-bond donors (Lipinski definition) is 0. The standard InChI is InChI=1S/C23H41BO4/c1-9-19(20(25)26-21(2,3)4)18(15-17-13-11-10-12-14-17)16-24-27-22(5,6)23(7,8)28-24/h16-17,19H,9-15H2,1-8H3/b18-16+/t19-/m0/s1. The van der Waals surface area contributed by atoms with Gasteiger partial charge < -0.3 is 14.0 Å². The Hall–Kier alpha value is -0.805. The Morgan fingerprint density at radius 2 is 1.64 bits per heavy atom. The molecule has 1 aliphatic heterocycles. The van der Waals surface area contributed by atoms with Crippen molar-refractivity contribution in [3.8, 4) is 0 Å². The van der Waals surface area contributed by atoms with Crippen LogP contribution in [0, 0.1) is 11.8 Å². The van der Waals surface area contributed by atoms with Crippen molar-refractivity contribution in [2.45, 2.75) is 117 Å². The smallest absolute Gasteiger partial charge is 0.460 e. The van der Waals surface area contributed by atoms with Gasteiger partial charge in [0.15, 0.2) is 0 Å². The highest BCUT2D eigenvalue weighted by Gasteiger charge is 2.50. The molecule has 1 saturated heterocycles. The average molecular weight is 392 g/mol. The SMILES string of the molecule is CC[C@H](C(=O)OC(C)(C)C)/C(=C/B1OC(C)(C)C(C)(C)O1)CC1CCCCC1. The summed E-state index contributed by atoms with van der Waals surface area (Å²) in [5, 5.41) is 0. The predicted octanol–water partition coefficient (Wildman–Crippen LogP) is 5.88. The van der Waals surface area contributed by atoms with E-state index in [-0.39, 0.29) is 23.1 Å². The van der Waals surface area contributed by atoms with E-state index in [9.17, 15) is 4.79 Å². The van der Waals surface area contributed by atoms with E-state index in [1.54, 1.807) is 0 Å². The van der Waals surface area contributed by atoms with Crippen LogP contribution in [0.3, 0.4) is 0 Å². The number of ether oxygens (including phenoxy) is 1. The van der Waals surface area contributed by atoms with Crippen molar-refractivity contribution in [2.75, 3.05) is 0 Å². The molecule has 0 amide bonds. The third-order valence-electron chi connectivity index (χ3n) is 6.42. The van der Waals surface area contributed by atoms with Gasteiger partial charge in [-0.2, -0.15) is 0 Å². The second kappa shape index (κ2) is 8.91. The monoisotopic (exact) mass is 392 g/mol. The largest absolute Gasteiger partial charge is 0.487 e. The predicted molar refractivity (Wildman–Crippen MR) is 115 cm³/mol. The van der Waals surface area contributed by atoms with Gasteiger partial charge in [0.1, 0.15) is 5.60 Å². The molecular weight excluding hydrogens is 351 g/mol. The van der Waals surface area contributed by atoms with Crippen LogP contribution in [0.5, 0.6) is 0 Å². The summed E-state index contributed by atoms with van der Waals surface area (Å²) in [4.78, 5) is 13.0. The van der Waals surface area contributed by atoms with Gasteiger partial charge in [0, 0.05) is 0 Å². The minimum absolute atomic E-state index is 0.131. The highest BCUT2D eigenvalue weighted by Crippen LogP contribution is 2.39. The van der Waals surface area contributed by atoms with Crippen LogP contribution in [0.2, 0.25) is 0 Å². The lowest BCUT2D eigenvalue weighted by atomic mass is 9.76. The van der Waals surface area contributed by atoms with Crippen molar-refractivity contribution in [1.29, 1.82) is 0 Å². The van der Waals surface area contributed by atoms with Crippen LogP contribution >= 0.6 is 0 Å². The minimum Gasteiger partial charge on any atom is -0.460 e. The Balaban J connectivity index is 2.26. The van der Waals surface area contributed by atoms with Crippen LogP contribution in [0.1, 0.15) is 100 Å². The van der Waals surface area contributed by atoms with Crippen molar-refractivity contribution in [3.63, 3.8) is 0 Å². The Morgan fingerprint density at radius 1 is 1.11 bits per heavy atom. The van der Waals surface area contributed by atoms with Crippen LogP contribution in [-0.4, -0.2) is 29.9 Å². The van der Waals surface area contributed by atoms with Crippen LogP contribution in [-0.2, 0) is 18.8 Å². The molecule has 0 unspecified atom stereocenters. The number of hydrogen-bond acceptors (Lipinski definition) is 4. The number of rotatable bonds is 6. The first-order valence-corrected chi connectivity index (χ1v) is 11.1. The molecule has 5 heteroatoms. The Bertz CT molecular complexity index is 552. The van der Waals surface area contributed by atoms with E-state index >= 15 is 0 Å². The molecule has 2 rings (SSSR count). The second-order valence-corrected chi connectivity index (χ2v) is 10.6. The molecule has 0 bridgehead atoms. The van der Waals surface area contributed by atoms with Crippen LogP contribution in [0.25, 0.3) is 0 Å². The number of carbonyl (C=O) groups is 1. The van der Waals surface area contributed by atoms with E-state index in [0.717, 1.165) is 18.4 Å². The van der Waals surface area contributed by atoms with E-state index in [0.29, 0.717) is 5.92 Å². The summed E-state index contributed by atoms with van der Waals surface area (Å²) in [7, 11) is -0.417. The summed E-state index contributed by atoms with van der Waals surface area (Å²) in [6.45, 7) is 16.1. The Kier molecular flexibility index (Phi) is 7.47. The highest BCUT2D eigenvalue weighted by molar-refractivity contribution is 6.51. The normalized spacial score (nSPS) is 24.3. The lowest BCUT2D eigenvalue weighted by Gasteiger charge is -2.32. The summed E-state index contributed by atoms with van der Waals surface area (Å²) in [5.74, 6) is 2.34. The summed E-state index contributed by atoms with van der Waals surface area (Å²) < 4.78 is 18.2. The third-order valence-corrected chi connectivity index (χ3v) is 6.42. The van der Waals surface area contributed by atoms with E-state index in [1.165, 1.54) is 32.1 Å². The van der Waals surface area contributed by atoms with Gasteiger partial charge in [-0.15, -0.1) is 0 Å². The zero-order valence-corrected chi connectivity index (χ0v) is 19.4. The van der Waals surface area contributed by atoms with Crippen molar-refractivity contribution in [2.24, 2.45) is 11.8 Å².